The van der Waals surface area contributed by atoms with E-state index in [4.69, 9.17) is 5.26 Å². The fourth-order valence-electron chi connectivity index (χ4n) is 1.41. The maximum atomic E-state index is 8.36. The molecule has 1 aromatic rings. The summed E-state index contributed by atoms with van der Waals surface area (Å²) in [5.41, 5.74) is 3.92. The van der Waals surface area contributed by atoms with Gasteiger partial charge in [0.1, 0.15) is 0 Å². The zero-order valence-electron chi connectivity index (χ0n) is 8.80. The van der Waals surface area contributed by atoms with E-state index in [1.807, 2.05) is 0 Å². The Labute approximate surface area is 85.6 Å². The number of nitrogens with zero attached hydrogens (tertiary/aromatic N) is 1. The minimum Gasteiger partial charge on any atom is -0.312 e. The van der Waals surface area contributed by atoms with Gasteiger partial charge in [-0.1, -0.05) is 23.8 Å². The van der Waals surface area contributed by atoms with E-state index in [9.17, 15) is 0 Å². The quantitative estimate of drug-likeness (QED) is 0.736. The van der Waals surface area contributed by atoms with E-state index in [0.29, 0.717) is 6.42 Å². The Morgan fingerprint density at radius 3 is 2.79 bits per heavy atom. The topological polar surface area (TPSA) is 35.8 Å². The average Bonchev–Trinajstić information content (AvgIpc) is 2.15. The highest BCUT2D eigenvalue weighted by Crippen LogP contribution is 2.09. The van der Waals surface area contributed by atoms with E-state index in [1.165, 1.54) is 16.7 Å². The third kappa shape index (κ3) is 3.20. The van der Waals surface area contributed by atoms with Crippen LogP contribution in [-0.2, 0) is 6.54 Å². The summed E-state index contributed by atoms with van der Waals surface area (Å²) < 4.78 is 0. The molecule has 0 atom stereocenters. The molecule has 0 saturated heterocycles. The zero-order chi connectivity index (χ0) is 10.4. The summed E-state index contributed by atoms with van der Waals surface area (Å²) in [4.78, 5) is 0. The Bertz CT molecular complexity index is 337. The van der Waals surface area contributed by atoms with Gasteiger partial charge in [0.15, 0.2) is 0 Å². The number of hydrogen-bond donors (Lipinski definition) is 1. The monoisotopic (exact) mass is 188 g/mol. The highest BCUT2D eigenvalue weighted by Gasteiger charge is 1.97. The smallest absolute Gasteiger partial charge is 0.0635 e. The van der Waals surface area contributed by atoms with Crippen LogP contribution in [0, 0.1) is 25.2 Å². The van der Waals surface area contributed by atoms with E-state index >= 15 is 0 Å². The van der Waals surface area contributed by atoms with Gasteiger partial charge < -0.3 is 5.32 Å². The molecule has 0 aliphatic rings. The van der Waals surface area contributed by atoms with Crippen LogP contribution < -0.4 is 5.32 Å². The lowest BCUT2D eigenvalue weighted by Crippen LogP contribution is -2.14. The molecule has 0 heterocycles. The molecule has 0 spiro atoms. The second kappa shape index (κ2) is 5.41. The number of rotatable bonds is 4. The Balaban J connectivity index is 2.47. The standard InChI is InChI=1S/C12H16N2/c1-10-4-5-12(11(2)8-10)9-14-7-3-6-13/h4-5,8,14H,3,7,9H2,1-2H3. The van der Waals surface area contributed by atoms with E-state index in [0.717, 1.165) is 13.1 Å². The van der Waals surface area contributed by atoms with Gasteiger partial charge in [0, 0.05) is 19.5 Å². The molecule has 0 unspecified atom stereocenters. The summed E-state index contributed by atoms with van der Waals surface area (Å²) in [5, 5.41) is 11.6. The van der Waals surface area contributed by atoms with E-state index < -0.39 is 0 Å². The number of hydrogen-bond acceptors (Lipinski definition) is 2. The Morgan fingerprint density at radius 2 is 2.14 bits per heavy atom. The molecule has 1 N–H and O–H groups in total. The lowest BCUT2D eigenvalue weighted by molar-refractivity contribution is 0.696. The molecule has 0 saturated carbocycles. The van der Waals surface area contributed by atoms with Crippen LogP contribution in [0.3, 0.4) is 0 Å². The molecule has 2 heteroatoms. The highest BCUT2D eigenvalue weighted by atomic mass is 14.8. The molecule has 2 nitrogen and oxygen atoms in total. The molecule has 74 valence electrons. The number of benzene rings is 1. The van der Waals surface area contributed by atoms with Gasteiger partial charge in [-0.05, 0) is 25.0 Å². The first-order chi connectivity index (χ1) is 6.74. The maximum Gasteiger partial charge on any atom is 0.0635 e. The summed E-state index contributed by atoms with van der Waals surface area (Å²) in [5.74, 6) is 0. The van der Waals surface area contributed by atoms with Gasteiger partial charge in [-0.15, -0.1) is 0 Å². The summed E-state index contributed by atoms with van der Waals surface area (Å²) in [7, 11) is 0. The van der Waals surface area contributed by atoms with Crippen molar-refractivity contribution in [1.29, 1.82) is 5.26 Å². The van der Waals surface area contributed by atoms with Crippen molar-refractivity contribution in [2.75, 3.05) is 6.54 Å². The van der Waals surface area contributed by atoms with Crippen molar-refractivity contribution in [1.82, 2.24) is 5.32 Å². The number of nitrogens with one attached hydrogen (secondary N) is 1. The first-order valence-electron chi connectivity index (χ1n) is 4.88. The normalized spacial score (nSPS) is 9.79. The molecule has 1 aromatic carbocycles. The predicted octanol–water partition coefficient (Wildman–Crippen LogP) is 2.31. The van der Waals surface area contributed by atoms with Crippen LogP contribution in [0.15, 0.2) is 18.2 Å². The molecular weight excluding hydrogens is 172 g/mol. The zero-order valence-corrected chi connectivity index (χ0v) is 8.80. The number of aryl methyl sites for hydroxylation is 2. The van der Waals surface area contributed by atoms with Gasteiger partial charge in [0.25, 0.3) is 0 Å². The van der Waals surface area contributed by atoms with Crippen molar-refractivity contribution in [2.45, 2.75) is 26.8 Å². The van der Waals surface area contributed by atoms with Crippen LogP contribution in [-0.4, -0.2) is 6.54 Å². The van der Waals surface area contributed by atoms with Gasteiger partial charge in [-0.25, -0.2) is 0 Å². The first kappa shape index (κ1) is 10.7. The maximum absolute atomic E-state index is 8.36. The fraction of sp³-hybridized carbons (Fsp3) is 0.417. The van der Waals surface area contributed by atoms with Crippen molar-refractivity contribution in [2.24, 2.45) is 0 Å². The van der Waals surface area contributed by atoms with Crippen LogP contribution in [0.2, 0.25) is 0 Å². The molecule has 0 aliphatic heterocycles. The van der Waals surface area contributed by atoms with Crippen molar-refractivity contribution in [3.05, 3.63) is 34.9 Å². The van der Waals surface area contributed by atoms with Gasteiger partial charge in [0.05, 0.1) is 6.07 Å². The van der Waals surface area contributed by atoms with Crippen LogP contribution in [0.25, 0.3) is 0 Å². The Morgan fingerprint density at radius 1 is 1.36 bits per heavy atom. The van der Waals surface area contributed by atoms with Gasteiger partial charge >= 0.3 is 0 Å². The van der Waals surface area contributed by atoms with Crippen LogP contribution in [0.5, 0.6) is 0 Å². The molecule has 0 amide bonds. The molecule has 0 radical (unpaired) electrons. The Kier molecular flexibility index (Phi) is 4.15. The highest BCUT2D eigenvalue weighted by molar-refractivity contribution is 5.30. The van der Waals surface area contributed by atoms with Gasteiger partial charge in [-0.2, -0.15) is 5.26 Å². The third-order valence-corrected chi connectivity index (χ3v) is 2.23. The lowest BCUT2D eigenvalue weighted by atomic mass is 10.1. The minimum absolute atomic E-state index is 0.574. The summed E-state index contributed by atoms with van der Waals surface area (Å²) >= 11 is 0. The minimum atomic E-state index is 0.574. The lowest BCUT2D eigenvalue weighted by Gasteiger charge is -2.07. The molecule has 0 aliphatic carbocycles. The molecule has 14 heavy (non-hydrogen) atoms. The largest absolute Gasteiger partial charge is 0.312 e. The molecule has 0 aromatic heterocycles. The van der Waals surface area contributed by atoms with E-state index in [2.05, 4.69) is 43.4 Å². The van der Waals surface area contributed by atoms with Crippen molar-refractivity contribution in [3.63, 3.8) is 0 Å². The van der Waals surface area contributed by atoms with Gasteiger partial charge in [-0.3, -0.25) is 0 Å². The van der Waals surface area contributed by atoms with Crippen molar-refractivity contribution in [3.8, 4) is 6.07 Å². The average molecular weight is 188 g/mol. The van der Waals surface area contributed by atoms with Crippen LogP contribution >= 0.6 is 0 Å². The predicted molar refractivity (Wildman–Crippen MR) is 57.9 cm³/mol. The van der Waals surface area contributed by atoms with E-state index in [1.54, 1.807) is 0 Å². The van der Waals surface area contributed by atoms with E-state index in [-0.39, 0.29) is 0 Å². The molecule has 0 bridgehead atoms. The second-order valence-corrected chi connectivity index (χ2v) is 3.51. The summed E-state index contributed by atoms with van der Waals surface area (Å²) in [6, 6.07) is 8.56. The third-order valence-electron chi connectivity index (χ3n) is 2.23. The summed E-state index contributed by atoms with van der Waals surface area (Å²) in [6.07, 6.45) is 0.574. The van der Waals surface area contributed by atoms with Gasteiger partial charge in [0.2, 0.25) is 0 Å². The SMILES string of the molecule is Cc1ccc(CNCCC#N)c(C)c1. The number of nitriles is 1. The molecule has 1 rings (SSSR count). The summed E-state index contributed by atoms with van der Waals surface area (Å²) in [6.45, 7) is 5.84. The first-order valence-corrected chi connectivity index (χ1v) is 4.88. The molecular formula is C12H16N2. The Hall–Kier alpha value is -1.33. The van der Waals surface area contributed by atoms with Crippen LogP contribution in [0.1, 0.15) is 23.1 Å². The van der Waals surface area contributed by atoms with Crippen molar-refractivity contribution >= 4 is 0 Å². The second-order valence-electron chi connectivity index (χ2n) is 3.51. The van der Waals surface area contributed by atoms with Crippen LogP contribution in [0.4, 0.5) is 0 Å². The van der Waals surface area contributed by atoms with Crippen molar-refractivity contribution < 1.29 is 0 Å². The molecule has 0 fully saturated rings. The fourth-order valence-corrected chi connectivity index (χ4v) is 1.41.